The van der Waals surface area contributed by atoms with Crippen molar-refractivity contribution in [1.82, 2.24) is 5.16 Å². The molecule has 0 spiro atoms. The van der Waals surface area contributed by atoms with Crippen molar-refractivity contribution in [3.63, 3.8) is 0 Å². The van der Waals surface area contributed by atoms with E-state index < -0.39 is 0 Å². The van der Waals surface area contributed by atoms with Gasteiger partial charge in [0.2, 0.25) is 0 Å². The highest BCUT2D eigenvalue weighted by Gasteiger charge is 2.16. The van der Waals surface area contributed by atoms with Gasteiger partial charge in [-0.2, -0.15) is 0 Å². The molecule has 0 aromatic carbocycles. The number of rotatable bonds is 3. The summed E-state index contributed by atoms with van der Waals surface area (Å²) in [6, 6.07) is 0. The van der Waals surface area contributed by atoms with Gasteiger partial charge in [0.1, 0.15) is 10.2 Å². The molecular weight excluding hydrogens is 242 g/mol. The molecule has 0 bridgehead atoms. The quantitative estimate of drug-likeness (QED) is 0.753. The van der Waals surface area contributed by atoms with Gasteiger partial charge in [0.15, 0.2) is 0 Å². The van der Waals surface area contributed by atoms with Crippen molar-refractivity contribution in [2.45, 2.75) is 6.42 Å². The maximum atomic E-state index is 10.9. The number of carbonyl (C=O) groups excluding carboxylic acids is 1. The van der Waals surface area contributed by atoms with Crippen LogP contribution in [0.3, 0.4) is 0 Å². The number of methoxy groups -OCH3 is 2. The van der Waals surface area contributed by atoms with Crippen molar-refractivity contribution in [2.75, 3.05) is 14.2 Å². The van der Waals surface area contributed by atoms with E-state index in [1.807, 2.05) is 0 Å². The first kappa shape index (κ1) is 10.0. The molecule has 1 aromatic rings. The zero-order chi connectivity index (χ0) is 9.84. The molecule has 6 heteroatoms. The lowest BCUT2D eigenvalue weighted by Gasteiger charge is -1.94. The van der Waals surface area contributed by atoms with E-state index in [9.17, 15) is 4.79 Å². The van der Waals surface area contributed by atoms with Crippen LogP contribution in [0.25, 0.3) is 0 Å². The smallest absolute Gasteiger partial charge is 0.325 e. The number of esters is 1. The summed E-state index contributed by atoms with van der Waals surface area (Å²) in [5, 5.41) is 3.63. The van der Waals surface area contributed by atoms with Crippen LogP contribution >= 0.6 is 15.9 Å². The summed E-state index contributed by atoms with van der Waals surface area (Å²) in [6.07, 6.45) is 0.0595. The molecule has 0 N–H and O–H groups in total. The Bertz CT molecular complexity index is 309. The fourth-order valence-electron chi connectivity index (χ4n) is 0.740. The summed E-state index contributed by atoms with van der Waals surface area (Å²) in [4.78, 5) is 10.9. The first-order valence-electron chi connectivity index (χ1n) is 3.44. The third-order valence-corrected chi connectivity index (χ3v) is 2.18. The molecular formula is C7H8BrNO4. The molecule has 1 heterocycles. The second-order valence-electron chi connectivity index (χ2n) is 2.19. The summed E-state index contributed by atoms with van der Waals surface area (Å²) in [5.41, 5.74) is 0.462. The molecule has 1 aromatic heterocycles. The molecule has 0 aliphatic carbocycles. The first-order valence-corrected chi connectivity index (χ1v) is 4.23. The third-order valence-electron chi connectivity index (χ3n) is 1.40. The predicted octanol–water partition coefficient (Wildman–Crippen LogP) is 1.16. The normalized spacial score (nSPS) is 9.77. The van der Waals surface area contributed by atoms with E-state index in [0.29, 0.717) is 10.2 Å². The van der Waals surface area contributed by atoms with E-state index in [-0.39, 0.29) is 18.3 Å². The van der Waals surface area contributed by atoms with E-state index in [1.54, 1.807) is 0 Å². The number of nitrogens with zero attached hydrogens (tertiary/aromatic N) is 1. The molecule has 0 fully saturated rings. The summed E-state index contributed by atoms with van der Waals surface area (Å²) < 4.78 is 14.6. The van der Waals surface area contributed by atoms with Crippen LogP contribution in [0.5, 0.6) is 5.95 Å². The first-order chi connectivity index (χ1) is 6.19. The van der Waals surface area contributed by atoms with Gasteiger partial charge in [0, 0.05) is 0 Å². The van der Waals surface area contributed by atoms with Gasteiger partial charge in [-0.15, -0.1) is 0 Å². The topological polar surface area (TPSA) is 61.6 Å². The van der Waals surface area contributed by atoms with E-state index >= 15 is 0 Å². The van der Waals surface area contributed by atoms with Gasteiger partial charge < -0.3 is 14.0 Å². The predicted molar refractivity (Wildman–Crippen MR) is 46.5 cm³/mol. The summed E-state index contributed by atoms with van der Waals surface area (Å²) in [7, 11) is 2.76. The SMILES string of the molecule is COC(=O)Cc1noc(OC)c1Br. The van der Waals surface area contributed by atoms with E-state index in [1.165, 1.54) is 14.2 Å². The van der Waals surface area contributed by atoms with Crippen LogP contribution in [0.2, 0.25) is 0 Å². The number of carbonyl (C=O) groups is 1. The highest BCUT2D eigenvalue weighted by Crippen LogP contribution is 2.28. The van der Waals surface area contributed by atoms with Gasteiger partial charge in [0.25, 0.3) is 0 Å². The fourth-order valence-corrected chi connectivity index (χ4v) is 1.19. The maximum absolute atomic E-state index is 10.9. The number of hydrogen-bond donors (Lipinski definition) is 0. The van der Waals surface area contributed by atoms with Crippen LogP contribution in [0.4, 0.5) is 0 Å². The Morgan fingerprint density at radius 2 is 2.31 bits per heavy atom. The van der Waals surface area contributed by atoms with Gasteiger partial charge in [-0.05, 0) is 15.9 Å². The summed E-state index contributed by atoms with van der Waals surface area (Å²) in [6.45, 7) is 0. The van der Waals surface area contributed by atoms with Crippen LogP contribution in [0.15, 0.2) is 9.00 Å². The van der Waals surface area contributed by atoms with Crippen LogP contribution in [0, 0.1) is 0 Å². The monoisotopic (exact) mass is 249 g/mol. The van der Waals surface area contributed by atoms with Crippen molar-refractivity contribution in [1.29, 1.82) is 0 Å². The lowest BCUT2D eigenvalue weighted by molar-refractivity contribution is -0.139. The molecule has 0 amide bonds. The van der Waals surface area contributed by atoms with Crippen LogP contribution in [-0.4, -0.2) is 25.3 Å². The summed E-state index contributed by atoms with van der Waals surface area (Å²) in [5.74, 6) is -0.129. The standard InChI is InChI=1S/C7H8BrNO4/c1-11-5(10)3-4-6(8)7(12-2)13-9-4/h3H2,1-2H3. The Hall–Kier alpha value is -1.04. The molecule has 0 unspecified atom stereocenters. The largest absolute Gasteiger partial charge is 0.469 e. The Balaban J connectivity index is 2.78. The molecule has 1 rings (SSSR count). The fraction of sp³-hybridized carbons (Fsp3) is 0.429. The van der Waals surface area contributed by atoms with Crippen molar-refractivity contribution >= 4 is 21.9 Å². The van der Waals surface area contributed by atoms with E-state index in [4.69, 9.17) is 9.26 Å². The average Bonchev–Trinajstić information content (AvgIpc) is 2.48. The Labute approximate surface area is 83.1 Å². The zero-order valence-corrected chi connectivity index (χ0v) is 8.75. The van der Waals surface area contributed by atoms with Gasteiger partial charge in [0.05, 0.1) is 20.6 Å². The van der Waals surface area contributed by atoms with Crippen molar-refractivity contribution in [3.05, 3.63) is 10.2 Å². The van der Waals surface area contributed by atoms with Gasteiger partial charge in [-0.1, -0.05) is 5.16 Å². The minimum Gasteiger partial charge on any atom is -0.469 e. The minimum atomic E-state index is -0.378. The maximum Gasteiger partial charge on any atom is 0.325 e. The molecule has 0 saturated carbocycles. The number of ether oxygens (including phenoxy) is 2. The highest BCUT2D eigenvalue weighted by atomic mass is 79.9. The Kier molecular flexibility index (Phi) is 3.30. The highest BCUT2D eigenvalue weighted by molar-refractivity contribution is 9.10. The van der Waals surface area contributed by atoms with E-state index in [0.717, 1.165) is 0 Å². The van der Waals surface area contributed by atoms with Crippen molar-refractivity contribution in [3.8, 4) is 5.95 Å². The van der Waals surface area contributed by atoms with Gasteiger partial charge in [-0.25, -0.2) is 0 Å². The lowest BCUT2D eigenvalue weighted by atomic mass is 10.3. The Morgan fingerprint density at radius 1 is 1.62 bits per heavy atom. The molecule has 0 atom stereocenters. The van der Waals surface area contributed by atoms with Crippen LogP contribution < -0.4 is 4.74 Å². The number of hydrogen-bond acceptors (Lipinski definition) is 5. The van der Waals surface area contributed by atoms with Crippen LogP contribution in [-0.2, 0) is 16.0 Å². The van der Waals surface area contributed by atoms with Gasteiger partial charge >= 0.3 is 11.9 Å². The lowest BCUT2D eigenvalue weighted by Crippen LogP contribution is -2.04. The molecule has 13 heavy (non-hydrogen) atoms. The molecule has 0 aliphatic heterocycles. The Morgan fingerprint density at radius 3 is 2.77 bits per heavy atom. The van der Waals surface area contributed by atoms with Crippen LogP contribution in [0.1, 0.15) is 5.69 Å². The molecule has 0 radical (unpaired) electrons. The number of aromatic nitrogens is 1. The van der Waals surface area contributed by atoms with Crippen molar-refractivity contribution < 1.29 is 18.8 Å². The average molecular weight is 250 g/mol. The second kappa shape index (κ2) is 4.27. The minimum absolute atomic E-state index is 0.0595. The third kappa shape index (κ3) is 2.21. The summed E-state index contributed by atoms with van der Waals surface area (Å²) >= 11 is 3.18. The van der Waals surface area contributed by atoms with Gasteiger partial charge in [-0.3, -0.25) is 4.79 Å². The van der Waals surface area contributed by atoms with E-state index in [2.05, 4.69) is 25.8 Å². The number of halogens is 1. The molecule has 5 nitrogen and oxygen atoms in total. The molecule has 0 aliphatic rings. The second-order valence-corrected chi connectivity index (χ2v) is 2.98. The molecule has 72 valence electrons. The van der Waals surface area contributed by atoms with Crippen molar-refractivity contribution in [2.24, 2.45) is 0 Å². The zero-order valence-electron chi connectivity index (χ0n) is 7.17. The molecule has 0 saturated heterocycles.